The molecule has 2 aromatic rings. The van der Waals surface area contributed by atoms with Gasteiger partial charge in [0.2, 0.25) is 0 Å². The van der Waals surface area contributed by atoms with Crippen molar-refractivity contribution in [3.8, 4) is 0 Å². The molecule has 7 nitrogen and oxygen atoms in total. The molecule has 10 heteroatoms. The second kappa shape index (κ2) is 8.62. The lowest BCUT2D eigenvalue weighted by atomic mass is 10.1. The molecule has 0 unspecified atom stereocenters. The predicted molar refractivity (Wildman–Crippen MR) is 97.5 cm³/mol. The van der Waals surface area contributed by atoms with E-state index in [1.807, 2.05) is 0 Å². The first-order valence-electron chi connectivity index (χ1n) is 9.29. The van der Waals surface area contributed by atoms with Crippen LogP contribution >= 0.6 is 0 Å². The molecule has 0 aliphatic carbocycles. The van der Waals surface area contributed by atoms with E-state index in [0.29, 0.717) is 29.7 Å². The number of rotatable bonds is 4. The van der Waals surface area contributed by atoms with Gasteiger partial charge in [-0.05, 0) is 31.0 Å². The Morgan fingerprint density at radius 1 is 1.17 bits per heavy atom. The number of nitrogens with one attached hydrogen (secondary N) is 1. The number of halogens is 3. The molecule has 1 aliphatic rings. The first kappa shape index (κ1) is 20.8. The van der Waals surface area contributed by atoms with Gasteiger partial charge in [-0.1, -0.05) is 12.8 Å². The van der Waals surface area contributed by atoms with Gasteiger partial charge in [-0.2, -0.15) is 13.2 Å². The number of fused-ring (bicyclic) bond motifs is 2. The molecule has 29 heavy (non-hydrogen) atoms. The zero-order valence-electron chi connectivity index (χ0n) is 15.6. The maximum atomic E-state index is 12.7. The molecule has 0 saturated carbocycles. The van der Waals surface area contributed by atoms with Crippen molar-refractivity contribution in [1.82, 2.24) is 14.9 Å². The highest BCUT2D eigenvalue weighted by molar-refractivity contribution is 5.95. The fourth-order valence-corrected chi connectivity index (χ4v) is 3.19. The van der Waals surface area contributed by atoms with Crippen LogP contribution < -0.4 is 10.9 Å². The number of aromatic nitrogens is 2. The normalized spacial score (nSPS) is 14.6. The van der Waals surface area contributed by atoms with Crippen molar-refractivity contribution in [1.29, 1.82) is 0 Å². The Hall–Kier alpha value is -2.91. The molecule has 156 valence electrons. The number of carbonyl (C=O) groups is 2. The molecule has 1 N–H and O–H groups in total. The third kappa shape index (κ3) is 5.33. The number of amides is 1. The third-order valence-corrected chi connectivity index (χ3v) is 4.62. The van der Waals surface area contributed by atoms with Crippen molar-refractivity contribution < 1.29 is 27.5 Å². The summed E-state index contributed by atoms with van der Waals surface area (Å²) in [6.07, 6.45) is 0.0730. The zero-order chi connectivity index (χ0) is 21.0. The summed E-state index contributed by atoms with van der Waals surface area (Å²) in [4.78, 5) is 40.8. The number of benzene rings is 1. The van der Waals surface area contributed by atoms with Gasteiger partial charge in [-0.3, -0.25) is 14.2 Å². The molecule has 1 aliphatic heterocycles. The number of hydrogen-bond acceptors (Lipinski definition) is 5. The summed E-state index contributed by atoms with van der Waals surface area (Å²) >= 11 is 0. The molecule has 2 heterocycles. The second-order valence-electron chi connectivity index (χ2n) is 6.85. The van der Waals surface area contributed by atoms with Crippen LogP contribution in [0, 0.1) is 0 Å². The van der Waals surface area contributed by atoms with E-state index < -0.39 is 31.2 Å². The summed E-state index contributed by atoms with van der Waals surface area (Å²) in [5.74, 6) is -1.28. The number of esters is 1. The fraction of sp³-hybridized carbons (Fsp3) is 0.474. The highest BCUT2D eigenvalue weighted by Crippen LogP contribution is 2.17. The van der Waals surface area contributed by atoms with Gasteiger partial charge in [0.15, 0.2) is 6.61 Å². The van der Waals surface area contributed by atoms with E-state index >= 15 is 0 Å². The van der Waals surface area contributed by atoms with Crippen LogP contribution in [0.5, 0.6) is 0 Å². The van der Waals surface area contributed by atoms with E-state index in [2.05, 4.69) is 4.98 Å². The molecular weight excluding hydrogens is 391 g/mol. The van der Waals surface area contributed by atoms with E-state index in [-0.39, 0.29) is 11.1 Å². The van der Waals surface area contributed by atoms with Gasteiger partial charge < -0.3 is 10.1 Å². The molecule has 1 aromatic carbocycles. The highest BCUT2D eigenvalue weighted by atomic mass is 19.4. The lowest BCUT2D eigenvalue weighted by Gasteiger charge is -2.16. The Kier molecular flexibility index (Phi) is 6.19. The lowest BCUT2D eigenvalue weighted by molar-refractivity contribution is -0.140. The summed E-state index contributed by atoms with van der Waals surface area (Å²) < 4.78 is 42.6. The molecule has 3 rings (SSSR count). The molecule has 0 spiro atoms. The third-order valence-electron chi connectivity index (χ3n) is 4.62. The van der Waals surface area contributed by atoms with Crippen LogP contribution in [0.3, 0.4) is 0 Å². The average Bonchev–Trinajstić information content (AvgIpc) is 2.65. The van der Waals surface area contributed by atoms with Gasteiger partial charge in [-0.15, -0.1) is 0 Å². The van der Waals surface area contributed by atoms with Crippen molar-refractivity contribution in [2.24, 2.45) is 0 Å². The largest absolute Gasteiger partial charge is 0.452 e. The summed E-state index contributed by atoms with van der Waals surface area (Å²) in [5, 5.41) is 1.98. The molecule has 0 fully saturated rings. The molecular formula is C19H20F3N3O4. The molecule has 0 bridgehead atoms. The van der Waals surface area contributed by atoms with Gasteiger partial charge in [0.1, 0.15) is 12.4 Å². The van der Waals surface area contributed by atoms with Gasteiger partial charge in [-0.25, -0.2) is 9.78 Å². The van der Waals surface area contributed by atoms with Crippen LogP contribution in [0.1, 0.15) is 41.9 Å². The van der Waals surface area contributed by atoms with E-state index in [0.717, 1.165) is 25.7 Å². The Morgan fingerprint density at radius 2 is 1.93 bits per heavy atom. The molecule has 0 radical (unpaired) electrons. The second-order valence-corrected chi connectivity index (χ2v) is 6.85. The van der Waals surface area contributed by atoms with Crippen molar-refractivity contribution in [2.45, 2.75) is 44.8 Å². The van der Waals surface area contributed by atoms with Gasteiger partial charge in [0, 0.05) is 13.0 Å². The number of ether oxygens (including phenoxy) is 1. The minimum atomic E-state index is -4.55. The fourth-order valence-electron chi connectivity index (χ4n) is 3.19. The number of nitrogens with zero attached hydrogens (tertiary/aromatic N) is 2. The average molecular weight is 411 g/mol. The SMILES string of the molecule is O=C(COC(=O)c1ccc2c(=O)n3c(nc2c1)CCCCCC3)NCC(F)(F)F. The first-order valence-corrected chi connectivity index (χ1v) is 9.29. The summed E-state index contributed by atoms with van der Waals surface area (Å²) in [7, 11) is 0. The van der Waals surface area contributed by atoms with Crippen molar-refractivity contribution >= 4 is 22.8 Å². The Bertz CT molecular complexity index is 985. The topological polar surface area (TPSA) is 90.3 Å². The van der Waals surface area contributed by atoms with Crippen LogP contribution in [-0.4, -0.2) is 40.8 Å². The van der Waals surface area contributed by atoms with Crippen LogP contribution in [0.25, 0.3) is 10.9 Å². The van der Waals surface area contributed by atoms with Crippen LogP contribution in [0.15, 0.2) is 23.0 Å². The van der Waals surface area contributed by atoms with Crippen LogP contribution in [0.4, 0.5) is 13.2 Å². The Labute approximate surface area is 163 Å². The summed E-state index contributed by atoms with van der Waals surface area (Å²) in [6, 6.07) is 4.24. The zero-order valence-corrected chi connectivity index (χ0v) is 15.6. The van der Waals surface area contributed by atoms with Crippen molar-refractivity contribution in [3.05, 3.63) is 39.9 Å². The van der Waals surface area contributed by atoms with Gasteiger partial charge in [0.05, 0.1) is 16.5 Å². The minimum absolute atomic E-state index is 0.0591. The van der Waals surface area contributed by atoms with E-state index in [1.54, 1.807) is 9.88 Å². The van der Waals surface area contributed by atoms with Crippen LogP contribution in [0.2, 0.25) is 0 Å². The maximum Gasteiger partial charge on any atom is 0.405 e. The lowest BCUT2D eigenvalue weighted by Crippen LogP contribution is -2.36. The minimum Gasteiger partial charge on any atom is -0.452 e. The maximum absolute atomic E-state index is 12.7. The Balaban J connectivity index is 1.75. The molecule has 1 aromatic heterocycles. The molecule has 0 atom stereocenters. The van der Waals surface area contributed by atoms with Gasteiger partial charge in [0.25, 0.3) is 11.5 Å². The number of carbonyl (C=O) groups excluding carboxylic acids is 2. The number of aryl methyl sites for hydroxylation is 1. The predicted octanol–water partition coefficient (Wildman–Crippen LogP) is 2.35. The number of hydrogen-bond donors (Lipinski definition) is 1. The number of alkyl halides is 3. The Morgan fingerprint density at radius 3 is 2.69 bits per heavy atom. The molecule has 1 amide bonds. The van der Waals surface area contributed by atoms with Gasteiger partial charge >= 0.3 is 12.1 Å². The first-order chi connectivity index (χ1) is 13.7. The highest BCUT2D eigenvalue weighted by Gasteiger charge is 2.27. The van der Waals surface area contributed by atoms with Crippen molar-refractivity contribution in [3.63, 3.8) is 0 Å². The van der Waals surface area contributed by atoms with E-state index in [1.165, 1.54) is 18.2 Å². The quantitative estimate of drug-likeness (QED) is 0.780. The summed E-state index contributed by atoms with van der Waals surface area (Å²) in [5.41, 5.74) is 0.236. The van der Waals surface area contributed by atoms with Crippen LogP contribution in [-0.2, 0) is 22.5 Å². The molecule has 0 saturated heterocycles. The standard InChI is InChI=1S/C19H20F3N3O4/c20-19(21,22)11-23-16(26)10-29-18(28)12-6-7-13-14(9-12)24-15-5-3-1-2-4-8-25(15)17(13)27/h6-7,9H,1-5,8,10-11H2,(H,23,26). The van der Waals surface area contributed by atoms with E-state index in [9.17, 15) is 27.6 Å². The van der Waals surface area contributed by atoms with E-state index in [4.69, 9.17) is 4.74 Å². The monoisotopic (exact) mass is 411 g/mol. The van der Waals surface area contributed by atoms with Crippen molar-refractivity contribution in [2.75, 3.05) is 13.2 Å². The summed E-state index contributed by atoms with van der Waals surface area (Å²) in [6.45, 7) is -1.74. The smallest absolute Gasteiger partial charge is 0.405 e.